The molecule has 0 radical (unpaired) electrons. The van der Waals surface area contributed by atoms with E-state index in [9.17, 15) is 0 Å². The van der Waals surface area contributed by atoms with Gasteiger partial charge < -0.3 is 4.74 Å². The summed E-state index contributed by atoms with van der Waals surface area (Å²) in [6.07, 6.45) is 0. The van der Waals surface area contributed by atoms with E-state index in [0.717, 1.165) is 39.4 Å². The fourth-order valence-electron chi connectivity index (χ4n) is 1.39. The topological polar surface area (TPSA) is 15.7 Å². The van der Waals surface area contributed by atoms with Crippen LogP contribution in [0.4, 0.5) is 0 Å². The molecule has 0 bridgehead atoms. The molecule has 0 amide bonds. The number of likely N-dealkylation sites (N-methyl/N-ethyl adjacent to an activating group) is 1. The third-order valence-corrected chi connectivity index (χ3v) is 3.13. The maximum Gasteiger partial charge on any atom is 0.0594 e. The van der Waals surface area contributed by atoms with E-state index in [-0.39, 0.29) is 4.87 Å². The van der Waals surface area contributed by atoms with Gasteiger partial charge in [0.2, 0.25) is 0 Å². The molecule has 0 aromatic heterocycles. The Hall–Kier alpha value is 0.230. The Morgan fingerprint density at radius 1 is 1.36 bits per heavy atom. The molecule has 84 valence electrons. The Morgan fingerprint density at radius 2 is 1.93 bits per heavy atom. The third kappa shape index (κ3) is 4.17. The quantitative estimate of drug-likeness (QED) is 0.558. The first-order chi connectivity index (χ1) is 6.50. The van der Waals surface area contributed by atoms with E-state index in [1.54, 1.807) is 0 Å². The highest BCUT2D eigenvalue weighted by Gasteiger charge is 2.19. The number of ether oxygens (including phenoxy) is 1. The first-order valence-electron chi connectivity index (χ1n) is 5.24. The summed E-state index contributed by atoms with van der Waals surface area (Å²) in [6.45, 7) is 10.3. The summed E-state index contributed by atoms with van der Waals surface area (Å²) >= 11 is 4.53. The molecular weight excluding hydrogens is 196 g/mol. The summed E-state index contributed by atoms with van der Waals surface area (Å²) in [4.78, 5) is 4.69. The maximum atomic E-state index is 5.30. The van der Waals surface area contributed by atoms with E-state index in [1.807, 2.05) is 0 Å². The second-order valence-electron chi connectivity index (χ2n) is 4.37. The van der Waals surface area contributed by atoms with E-state index in [2.05, 4.69) is 43.3 Å². The number of hydrogen-bond acceptors (Lipinski definition) is 4. The molecular formula is C10H22N2OS. The van der Waals surface area contributed by atoms with Gasteiger partial charge in [-0.05, 0) is 20.9 Å². The van der Waals surface area contributed by atoms with Crippen molar-refractivity contribution in [2.45, 2.75) is 18.7 Å². The van der Waals surface area contributed by atoms with Gasteiger partial charge in [0.15, 0.2) is 0 Å². The van der Waals surface area contributed by atoms with Crippen LogP contribution in [-0.2, 0) is 4.74 Å². The van der Waals surface area contributed by atoms with Crippen molar-refractivity contribution in [2.24, 2.45) is 0 Å². The molecule has 0 aromatic rings. The Kier molecular flexibility index (Phi) is 4.70. The molecule has 1 aliphatic rings. The third-order valence-electron chi connectivity index (χ3n) is 2.79. The molecule has 1 saturated heterocycles. The summed E-state index contributed by atoms with van der Waals surface area (Å²) in [6, 6.07) is 0. The van der Waals surface area contributed by atoms with E-state index in [0.29, 0.717) is 0 Å². The Bertz CT molecular complexity index is 164. The van der Waals surface area contributed by atoms with Crippen molar-refractivity contribution in [1.29, 1.82) is 0 Å². The van der Waals surface area contributed by atoms with Crippen molar-refractivity contribution in [1.82, 2.24) is 9.80 Å². The predicted molar refractivity (Wildman–Crippen MR) is 63.0 cm³/mol. The van der Waals surface area contributed by atoms with Crippen molar-refractivity contribution < 1.29 is 4.74 Å². The van der Waals surface area contributed by atoms with Crippen LogP contribution in [-0.4, -0.2) is 61.1 Å². The SMILES string of the molecule is CN(CCN1CCOCC1)C(C)(C)S. The largest absolute Gasteiger partial charge is 0.379 e. The number of morpholine rings is 1. The average molecular weight is 218 g/mol. The van der Waals surface area contributed by atoms with Gasteiger partial charge in [-0.3, -0.25) is 9.80 Å². The maximum absolute atomic E-state index is 5.30. The molecule has 3 nitrogen and oxygen atoms in total. The number of thiol groups is 1. The molecule has 0 aliphatic carbocycles. The van der Waals surface area contributed by atoms with Crippen LogP contribution in [0.1, 0.15) is 13.8 Å². The van der Waals surface area contributed by atoms with Crippen LogP contribution in [0.2, 0.25) is 0 Å². The molecule has 0 unspecified atom stereocenters. The van der Waals surface area contributed by atoms with Crippen LogP contribution in [0.15, 0.2) is 0 Å². The molecule has 1 fully saturated rings. The lowest BCUT2D eigenvalue weighted by molar-refractivity contribution is 0.0326. The Morgan fingerprint density at radius 3 is 2.43 bits per heavy atom. The normalized spacial score (nSPS) is 20.4. The lowest BCUT2D eigenvalue weighted by atomic mass is 10.3. The van der Waals surface area contributed by atoms with Gasteiger partial charge in [-0.1, -0.05) is 0 Å². The second-order valence-corrected chi connectivity index (χ2v) is 5.46. The highest BCUT2D eigenvalue weighted by atomic mass is 32.1. The fourth-order valence-corrected chi connectivity index (χ4v) is 1.49. The van der Waals surface area contributed by atoms with E-state index in [1.165, 1.54) is 0 Å². The molecule has 0 aromatic carbocycles. The zero-order chi connectivity index (χ0) is 10.6. The summed E-state index contributed by atoms with van der Waals surface area (Å²) < 4.78 is 5.30. The first-order valence-corrected chi connectivity index (χ1v) is 5.68. The zero-order valence-electron chi connectivity index (χ0n) is 9.49. The van der Waals surface area contributed by atoms with Crippen molar-refractivity contribution in [3.05, 3.63) is 0 Å². The smallest absolute Gasteiger partial charge is 0.0594 e. The minimum Gasteiger partial charge on any atom is -0.379 e. The van der Waals surface area contributed by atoms with E-state index in [4.69, 9.17) is 4.74 Å². The van der Waals surface area contributed by atoms with Crippen LogP contribution in [0.25, 0.3) is 0 Å². The lowest BCUT2D eigenvalue weighted by Gasteiger charge is -2.34. The summed E-state index contributed by atoms with van der Waals surface area (Å²) in [5.41, 5.74) is 0. The number of rotatable bonds is 4. The van der Waals surface area contributed by atoms with Crippen LogP contribution in [0, 0.1) is 0 Å². The van der Waals surface area contributed by atoms with Crippen molar-refractivity contribution in [3.63, 3.8) is 0 Å². The van der Waals surface area contributed by atoms with Gasteiger partial charge in [-0.15, -0.1) is 0 Å². The predicted octanol–water partition coefficient (Wildman–Crippen LogP) is 0.916. The Labute approximate surface area is 92.8 Å². The van der Waals surface area contributed by atoms with Crippen LogP contribution >= 0.6 is 12.6 Å². The average Bonchev–Trinajstić information content (AvgIpc) is 2.14. The van der Waals surface area contributed by atoms with Crippen molar-refractivity contribution in [3.8, 4) is 0 Å². The van der Waals surface area contributed by atoms with Gasteiger partial charge in [-0.25, -0.2) is 0 Å². The summed E-state index contributed by atoms with van der Waals surface area (Å²) in [5, 5.41) is 0. The highest BCUT2D eigenvalue weighted by molar-refractivity contribution is 7.81. The molecule has 0 spiro atoms. The van der Waals surface area contributed by atoms with Gasteiger partial charge in [-0.2, -0.15) is 12.6 Å². The lowest BCUT2D eigenvalue weighted by Crippen LogP contribution is -2.44. The van der Waals surface area contributed by atoms with Gasteiger partial charge in [0, 0.05) is 26.2 Å². The molecule has 4 heteroatoms. The zero-order valence-corrected chi connectivity index (χ0v) is 10.4. The molecule has 14 heavy (non-hydrogen) atoms. The van der Waals surface area contributed by atoms with Crippen LogP contribution < -0.4 is 0 Å². The minimum absolute atomic E-state index is 0.0215. The van der Waals surface area contributed by atoms with E-state index >= 15 is 0 Å². The van der Waals surface area contributed by atoms with Crippen molar-refractivity contribution >= 4 is 12.6 Å². The Balaban J connectivity index is 2.19. The standard InChI is InChI=1S/C10H22N2OS/c1-10(2,14)11(3)4-5-12-6-8-13-9-7-12/h14H,4-9H2,1-3H3. The van der Waals surface area contributed by atoms with Gasteiger partial charge in [0.25, 0.3) is 0 Å². The van der Waals surface area contributed by atoms with E-state index < -0.39 is 0 Å². The van der Waals surface area contributed by atoms with Crippen LogP contribution in [0.5, 0.6) is 0 Å². The monoisotopic (exact) mass is 218 g/mol. The first kappa shape index (κ1) is 12.3. The molecule has 0 saturated carbocycles. The van der Waals surface area contributed by atoms with Gasteiger partial charge in [0.1, 0.15) is 0 Å². The number of nitrogens with zero attached hydrogens (tertiary/aromatic N) is 2. The van der Waals surface area contributed by atoms with Gasteiger partial charge in [0.05, 0.1) is 18.1 Å². The molecule has 0 N–H and O–H groups in total. The summed E-state index contributed by atoms with van der Waals surface area (Å²) in [7, 11) is 2.12. The molecule has 1 heterocycles. The number of hydrogen-bond donors (Lipinski definition) is 1. The van der Waals surface area contributed by atoms with Gasteiger partial charge >= 0.3 is 0 Å². The van der Waals surface area contributed by atoms with Crippen molar-refractivity contribution in [2.75, 3.05) is 46.4 Å². The van der Waals surface area contributed by atoms with Crippen LogP contribution in [0.3, 0.4) is 0 Å². The highest BCUT2D eigenvalue weighted by Crippen LogP contribution is 2.15. The minimum atomic E-state index is -0.0215. The fraction of sp³-hybridized carbons (Fsp3) is 1.00. The second kappa shape index (κ2) is 5.35. The summed E-state index contributed by atoms with van der Waals surface area (Å²) in [5.74, 6) is 0. The molecule has 0 atom stereocenters. The molecule has 1 aliphatic heterocycles. The molecule has 1 rings (SSSR count).